The Morgan fingerprint density at radius 2 is 1.70 bits per heavy atom. The second-order valence-corrected chi connectivity index (χ2v) is 7.89. The molecule has 2 heterocycles. The van der Waals surface area contributed by atoms with E-state index in [1.165, 1.54) is 4.31 Å². The summed E-state index contributed by atoms with van der Waals surface area (Å²) in [5.41, 5.74) is 2.16. The Morgan fingerprint density at radius 3 is 2.35 bits per heavy atom. The van der Waals surface area contributed by atoms with E-state index in [9.17, 15) is 13.2 Å². The highest BCUT2D eigenvalue weighted by Crippen LogP contribution is 2.23. The SMILES string of the molecule is CC(=O)N1CCc2ccc(S(=O)(=O)N3CCOCC3)cc2CC1. The molecular formula is C16H22N2O4S. The molecule has 1 amide bonds. The van der Waals surface area contributed by atoms with E-state index in [-0.39, 0.29) is 5.91 Å². The molecule has 7 heteroatoms. The van der Waals surface area contributed by atoms with Gasteiger partial charge in [0.1, 0.15) is 0 Å². The average Bonchev–Trinajstić information content (AvgIpc) is 2.77. The van der Waals surface area contributed by atoms with Gasteiger partial charge in [0.05, 0.1) is 18.1 Å². The number of hydrogen-bond donors (Lipinski definition) is 0. The van der Waals surface area contributed by atoms with Gasteiger partial charge in [-0.25, -0.2) is 8.42 Å². The fraction of sp³-hybridized carbons (Fsp3) is 0.562. The van der Waals surface area contributed by atoms with Crippen molar-refractivity contribution in [2.45, 2.75) is 24.7 Å². The zero-order chi connectivity index (χ0) is 16.4. The highest BCUT2D eigenvalue weighted by molar-refractivity contribution is 7.89. The maximum absolute atomic E-state index is 12.7. The van der Waals surface area contributed by atoms with Crippen LogP contribution in [0.1, 0.15) is 18.1 Å². The van der Waals surface area contributed by atoms with Crippen LogP contribution in [0.25, 0.3) is 0 Å². The van der Waals surface area contributed by atoms with Gasteiger partial charge in [-0.05, 0) is 36.1 Å². The number of benzene rings is 1. The molecule has 0 saturated carbocycles. The number of fused-ring (bicyclic) bond motifs is 1. The van der Waals surface area contributed by atoms with Crippen molar-refractivity contribution in [3.8, 4) is 0 Å². The number of ether oxygens (including phenoxy) is 1. The standard InChI is InChI=1S/C16H22N2O4S/c1-13(19)17-6-4-14-2-3-16(12-15(14)5-7-17)23(20,21)18-8-10-22-11-9-18/h2-3,12H,4-11H2,1H3. The van der Waals surface area contributed by atoms with Crippen LogP contribution in [-0.4, -0.2) is 62.9 Å². The number of morpholine rings is 1. The van der Waals surface area contributed by atoms with Crippen molar-refractivity contribution < 1.29 is 17.9 Å². The van der Waals surface area contributed by atoms with Gasteiger partial charge in [-0.3, -0.25) is 4.79 Å². The second kappa shape index (κ2) is 6.59. The zero-order valence-corrected chi connectivity index (χ0v) is 14.1. The Hall–Kier alpha value is -1.44. The van der Waals surface area contributed by atoms with E-state index in [0.29, 0.717) is 50.7 Å². The second-order valence-electron chi connectivity index (χ2n) is 5.95. The Labute approximate surface area is 137 Å². The average molecular weight is 338 g/mol. The first-order valence-electron chi connectivity index (χ1n) is 7.94. The third-order valence-corrected chi connectivity index (χ3v) is 6.43. The summed E-state index contributed by atoms with van der Waals surface area (Å²) in [5, 5.41) is 0. The topological polar surface area (TPSA) is 66.9 Å². The molecule has 0 aromatic heterocycles. The Bertz CT molecular complexity index is 696. The number of carbonyl (C=O) groups is 1. The molecule has 1 saturated heterocycles. The van der Waals surface area contributed by atoms with Crippen LogP contribution in [0.15, 0.2) is 23.1 Å². The number of rotatable bonds is 2. The van der Waals surface area contributed by atoms with Gasteiger partial charge in [0.15, 0.2) is 0 Å². The molecule has 1 fully saturated rings. The first-order valence-corrected chi connectivity index (χ1v) is 9.38. The monoisotopic (exact) mass is 338 g/mol. The van der Waals surface area contributed by atoms with Crippen LogP contribution < -0.4 is 0 Å². The summed E-state index contributed by atoms with van der Waals surface area (Å²) in [7, 11) is -3.46. The van der Waals surface area contributed by atoms with E-state index in [0.717, 1.165) is 17.5 Å². The molecule has 3 rings (SSSR count). The van der Waals surface area contributed by atoms with Crippen LogP contribution >= 0.6 is 0 Å². The molecule has 0 spiro atoms. The molecule has 6 nitrogen and oxygen atoms in total. The molecule has 0 aliphatic carbocycles. The smallest absolute Gasteiger partial charge is 0.243 e. The molecule has 0 radical (unpaired) electrons. The summed E-state index contributed by atoms with van der Waals surface area (Å²) >= 11 is 0. The van der Waals surface area contributed by atoms with Crippen molar-refractivity contribution >= 4 is 15.9 Å². The number of sulfonamides is 1. The van der Waals surface area contributed by atoms with Crippen molar-refractivity contribution in [3.63, 3.8) is 0 Å². The third kappa shape index (κ3) is 3.41. The normalized spacial score (nSPS) is 20.0. The van der Waals surface area contributed by atoms with Crippen molar-refractivity contribution in [1.29, 1.82) is 0 Å². The fourth-order valence-corrected chi connectivity index (χ4v) is 4.57. The molecule has 0 unspecified atom stereocenters. The Kier molecular flexibility index (Phi) is 4.70. The minimum atomic E-state index is -3.46. The minimum Gasteiger partial charge on any atom is -0.379 e. The molecule has 0 N–H and O–H groups in total. The van der Waals surface area contributed by atoms with Crippen molar-refractivity contribution in [1.82, 2.24) is 9.21 Å². The summed E-state index contributed by atoms with van der Waals surface area (Å²) in [6.45, 7) is 4.59. The van der Waals surface area contributed by atoms with Gasteiger partial charge in [-0.1, -0.05) is 6.07 Å². The van der Waals surface area contributed by atoms with Crippen LogP contribution in [0.3, 0.4) is 0 Å². The molecular weight excluding hydrogens is 316 g/mol. The van der Waals surface area contributed by atoms with Gasteiger partial charge in [0, 0.05) is 33.1 Å². The van der Waals surface area contributed by atoms with Gasteiger partial charge in [-0.2, -0.15) is 4.31 Å². The van der Waals surface area contributed by atoms with Crippen LogP contribution in [0.4, 0.5) is 0 Å². The van der Waals surface area contributed by atoms with Gasteiger partial charge >= 0.3 is 0 Å². The molecule has 0 atom stereocenters. The summed E-state index contributed by atoms with van der Waals surface area (Å²) in [5.74, 6) is 0.0685. The van der Waals surface area contributed by atoms with E-state index in [2.05, 4.69) is 0 Å². The zero-order valence-electron chi connectivity index (χ0n) is 13.3. The molecule has 2 aliphatic heterocycles. The third-order valence-electron chi connectivity index (χ3n) is 4.53. The van der Waals surface area contributed by atoms with E-state index in [4.69, 9.17) is 4.74 Å². The first-order chi connectivity index (χ1) is 11.0. The quantitative estimate of drug-likeness (QED) is 0.794. The summed E-state index contributed by atoms with van der Waals surface area (Å²) in [6, 6.07) is 5.36. The Morgan fingerprint density at radius 1 is 1.04 bits per heavy atom. The fourth-order valence-electron chi connectivity index (χ4n) is 3.11. The highest BCUT2D eigenvalue weighted by atomic mass is 32.2. The molecule has 23 heavy (non-hydrogen) atoms. The Balaban J connectivity index is 1.85. The van der Waals surface area contributed by atoms with Gasteiger partial charge in [-0.15, -0.1) is 0 Å². The van der Waals surface area contributed by atoms with Crippen LogP contribution in [0.2, 0.25) is 0 Å². The van der Waals surface area contributed by atoms with Gasteiger partial charge in [0.2, 0.25) is 15.9 Å². The molecule has 2 aliphatic rings. The lowest BCUT2D eigenvalue weighted by Gasteiger charge is -2.26. The van der Waals surface area contributed by atoms with Crippen molar-refractivity contribution in [3.05, 3.63) is 29.3 Å². The van der Waals surface area contributed by atoms with Gasteiger partial charge in [0.25, 0.3) is 0 Å². The number of amides is 1. The van der Waals surface area contributed by atoms with E-state index >= 15 is 0 Å². The van der Waals surface area contributed by atoms with Crippen LogP contribution in [0, 0.1) is 0 Å². The lowest BCUT2D eigenvalue weighted by atomic mass is 10.0. The maximum Gasteiger partial charge on any atom is 0.243 e. The molecule has 1 aromatic carbocycles. The van der Waals surface area contributed by atoms with Crippen LogP contribution in [-0.2, 0) is 32.4 Å². The van der Waals surface area contributed by atoms with Gasteiger partial charge < -0.3 is 9.64 Å². The number of carbonyl (C=O) groups excluding carboxylic acids is 1. The highest BCUT2D eigenvalue weighted by Gasteiger charge is 2.27. The minimum absolute atomic E-state index is 0.0685. The number of nitrogens with zero attached hydrogens (tertiary/aromatic N) is 2. The van der Waals surface area contributed by atoms with Crippen molar-refractivity contribution in [2.24, 2.45) is 0 Å². The largest absolute Gasteiger partial charge is 0.379 e. The summed E-state index contributed by atoms with van der Waals surface area (Å²) < 4.78 is 32.2. The predicted molar refractivity (Wildman–Crippen MR) is 85.7 cm³/mol. The predicted octanol–water partition coefficient (Wildman–Crippen LogP) is 0.655. The summed E-state index contributed by atoms with van der Waals surface area (Å²) in [6.07, 6.45) is 1.47. The lowest BCUT2D eigenvalue weighted by molar-refractivity contribution is -0.128. The molecule has 126 valence electrons. The van der Waals surface area contributed by atoms with E-state index < -0.39 is 10.0 Å². The molecule has 0 bridgehead atoms. The maximum atomic E-state index is 12.7. The van der Waals surface area contributed by atoms with Crippen molar-refractivity contribution in [2.75, 3.05) is 39.4 Å². The van der Waals surface area contributed by atoms with Crippen LogP contribution in [0.5, 0.6) is 0 Å². The van der Waals surface area contributed by atoms with E-state index in [1.807, 2.05) is 11.0 Å². The lowest BCUT2D eigenvalue weighted by Crippen LogP contribution is -2.40. The number of hydrogen-bond acceptors (Lipinski definition) is 4. The van der Waals surface area contributed by atoms with E-state index in [1.54, 1.807) is 19.1 Å². The molecule has 1 aromatic rings. The first kappa shape index (κ1) is 16.4. The summed E-state index contributed by atoms with van der Waals surface area (Å²) in [4.78, 5) is 13.7.